The molecule has 3 rings (SSSR count). The molecule has 0 aliphatic carbocycles. The van der Waals surface area contributed by atoms with Gasteiger partial charge in [-0.25, -0.2) is 4.52 Å². The van der Waals surface area contributed by atoms with E-state index in [2.05, 4.69) is 15.4 Å². The van der Waals surface area contributed by atoms with Gasteiger partial charge in [0.15, 0.2) is 0 Å². The van der Waals surface area contributed by atoms with Crippen molar-refractivity contribution in [1.82, 2.24) is 14.6 Å². The number of benzene rings is 1. The van der Waals surface area contributed by atoms with E-state index >= 15 is 0 Å². The van der Waals surface area contributed by atoms with E-state index in [-0.39, 0.29) is 5.91 Å². The zero-order valence-electron chi connectivity index (χ0n) is 12.5. The molecule has 6 nitrogen and oxygen atoms in total. The van der Waals surface area contributed by atoms with E-state index in [0.717, 1.165) is 10.7 Å². The maximum absolute atomic E-state index is 11.9. The fraction of sp³-hybridized carbons (Fsp3) is 0.267. The van der Waals surface area contributed by atoms with Gasteiger partial charge in [-0.2, -0.15) is 4.98 Å². The third-order valence-corrected chi connectivity index (χ3v) is 4.39. The summed E-state index contributed by atoms with van der Waals surface area (Å²) in [5.74, 6) is 0.821. The molecule has 0 aliphatic rings. The molecule has 3 aromatic rings. The summed E-state index contributed by atoms with van der Waals surface area (Å²) < 4.78 is 7.25. The number of aryl methyl sites for hydroxylation is 1. The van der Waals surface area contributed by atoms with E-state index in [0.29, 0.717) is 36.2 Å². The van der Waals surface area contributed by atoms with Crippen LogP contribution in [0.4, 0.5) is 5.95 Å². The smallest absolute Gasteiger partial charge is 0.250 e. The molecule has 2 heterocycles. The molecule has 120 valence electrons. The summed E-state index contributed by atoms with van der Waals surface area (Å²) in [7, 11) is 0. The summed E-state index contributed by atoms with van der Waals surface area (Å²) in [6, 6.07) is 7.26. The van der Waals surface area contributed by atoms with E-state index in [1.165, 1.54) is 11.3 Å². The number of rotatable bonds is 6. The first-order valence-corrected chi connectivity index (χ1v) is 8.37. The van der Waals surface area contributed by atoms with Crippen molar-refractivity contribution < 1.29 is 9.53 Å². The lowest BCUT2D eigenvalue weighted by molar-refractivity contribution is -0.116. The van der Waals surface area contributed by atoms with Gasteiger partial charge in [0.25, 0.3) is 0 Å². The average Bonchev–Trinajstić information content (AvgIpc) is 3.07. The molecule has 0 atom stereocenters. The number of carbonyl (C=O) groups excluding carboxylic acids is 1. The molecule has 1 N–H and O–H groups in total. The van der Waals surface area contributed by atoms with Gasteiger partial charge in [-0.3, -0.25) is 10.1 Å². The van der Waals surface area contributed by atoms with Crippen molar-refractivity contribution >= 4 is 39.8 Å². The molecule has 0 saturated carbocycles. The molecular formula is C15H15ClN4O2S. The molecule has 1 aromatic carbocycles. The van der Waals surface area contributed by atoms with Crippen LogP contribution in [0.25, 0.3) is 4.96 Å². The fourth-order valence-electron chi connectivity index (χ4n) is 2.01. The summed E-state index contributed by atoms with van der Waals surface area (Å²) in [5.41, 5.74) is 0.992. The van der Waals surface area contributed by atoms with Crippen LogP contribution >= 0.6 is 22.9 Å². The Morgan fingerprint density at radius 2 is 2.26 bits per heavy atom. The van der Waals surface area contributed by atoms with Crippen molar-refractivity contribution in [3.63, 3.8) is 0 Å². The number of ether oxygens (including phenoxy) is 1. The third-order valence-electron chi connectivity index (χ3n) is 3.14. The van der Waals surface area contributed by atoms with Gasteiger partial charge in [-0.15, -0.1) is 16.4 Å². The number of amides is 1. The lowest BCUT2D eigenvalue weighted by Crippen LogP contribution is -2.14. The van der Waals surface area contributed by atoms with Crippen LogP contribution in [-0.2, 0) is 4.79 Å². The highest BCUT2D eigenvalue weighted by atomic mass is 35.5. The summed E-state index contributed by atoms with van der Waals surface area (Å²) in [6.07, 6.45) is 0.911. The molecule has 0 radical (unpaired) electrons. The lowest BCUT2D eigenvalue weighted by atomic mass is 10.3. The lowest BCUT2D eigenvalue weighted by Gasteiger charge is -2.07. The van der Waals surface area contributed by atoms with Gasteiger partial charge in [0.1, 0.15) is 5.75 Å². The normalized spacial score (nSPS) is 10.9. The summed E-state index contributed by atoms with van der Waals surface area (Å²) in [5, 5.41) is 9.46. The predicted octanol–water partition coefficient (Wildman–Crippen LogP) is 3.55. The Hall–Kier alpha value is -2.12. The van der Waals surface area contributed by atoms with Crippen molar-refractivity contribution in [3.8, 4) is 5.75 Å². The van der Waals surface area contributed by atoms with Crippen molar-refractivity contribution in [1.29, 1.82) is 0 Å². The maximum Gasteiger partial charge on any atom is 0.250 e. The molecule has 0 bridgehead atoms. The number of halogens is 1. The molecule has 0 spiro atoms. The van der Waals surface area contributed by atoms with E-state index in [9.17, 15) is 4.79 Å². The Morgan fingerprint density at radius 1 is 1.43 bits per heavy atom. The quantitative estimate of drug-likeness (QED) is 0.690. The Labute approximate surface area is 142 Å². The molecule has 8 heteroatoms. The minimum atomic E-state index is -0.135. The molecule has 0 saturated heterocycles. The van der Waals surface area contributed by atoms with Gasteiger partial charge < -0.3 is 4.74 Å². The molecule has 23 heavy (non-hydrogen) atoms. The van der Waals surface area contributed by atoms with E-state index in [1.54, 1.807) is 16.6 Å². The SMILES string of the molecule is Cc1csc2nc(NC(=O)CCCOc3ccccc3Cl)nn12. The van der Waals surface area contributed by atoms with E-state index in [1.807, 2.05) is 24.4 Å². The fourth-order valence-corrected chi connectivity index (χ4v) is 3.00. The van der Waals surface area contributed by atoms with Crippen molar-refractivity contribution in [3.05, 3.63) is 40.4 Å². The Morgan fingerprint density at radius 3 is 3.04 bits per heavy atom. The zero-order valence-corrected chi connectivity index (χ0v) is 14.0. The maximum atomic E-state index is 11.9. The number of hydrogen-bond acceptors (Lipinski definition) is 5. The largest absolute Gasteiger partial charge is 0.492 e. The number of thiazole rings is 1. The number of nitrogens with one attached hydrogen (secondary N) is 1. The van der Waals surface area contributed by atoms with Gasteiger partial charge in [0.05, 0.1) is 17.3 Å². The Bertz CT molecular complexity index is 830. The van der Waals surface area contributed by atoms with Gasteiger partial charge in [-0.1, -0.05) is 23.7 Å². The molecule has 0 aliphatic heterocycles. The highest BCUT2D eigenvalue weighted by Crippen LogP contribution is 2.23. The second kappa shape index (κ2) is 6.97. The van der Waals surface area contributed by atoms with Crippen LogP contribution in [0.15, 0.2) is 29.6 Å². The minimum absolute atomic E-state index is 0.135. The van der Waals surface area contributed by atoms with Gasteiger partial charge in [0.2, 0.25) is 16.8 Å². The van der Waals surface area contributed by atoms with Crippen molar-refractivity contribution in [2.45, 2.75) is 19.8 Å². The number of hydrogen-bond donors (Lipinski definition) is 1. The van der Waals surface area contributed by atoms with Crippen LogP contribution in [0.5, 0.6) is 5.75 Å². The number of carbonyl (C=O) groups is 1. The second-order valence-electron chi connectivity index (χ2n) is 4.94. The van der Waals surface area contributed by atoms with E-state index < -0.39 is 0 Å². The standard InChI is InChI=1S/C15H15ClN4O2S/c1-10-9-23-15-18-14(19-20(10)15)17-13(21)7-4-8-22-12-6-3-2-5-11(12)16/h2-3,5-6,9H,4,7-8H2,1H3,(H,17,19,21). The second-order valence-corrected chi connectivity index (χ2v) is 6.18. The van der Waals surface area contributed by atoms with Crippen LogP contribution in [-0.4, -0.2) is 27.1 Å². The summed E-state index contributed by atoms with van der Waals surface area (Å²) in [4.78, 5) is 16.9. The highest BCUT2D eigenvalue weighted by Gasteiger charge is 2.10. The monoisotopic (exact) mass is 350 g/mol. The van der Waals surface area contributed by atoms with Crippen LogP contribution in [0, 0.1) is 6.92 Å². The molecule has 2 aromatic heterocycles. The molecule has 0 unspecified atom stereocenters. The Balaban J connectivity index is 1.45. The summed E-state index contributed by atoms with van der Waals surface area (Å²) >= 11 is 7.48. The minimum Gasteiger partial charge on any atom is -0.492 e. The van der Waals surface area contributed by atoms with E-state index in [4.69, 9.17) is 16.3 Å². The first kappa shape index (κ1) is 15.8. The number of fused-ring (bicyclic) bond motifs is 1. The number of para-hydroxylation sites is 1. The zero-order chi connectivity index (χ0) is 16.2. The van der Waals surface area contributed by atoms with Crippen LogP contribution in [0.2, 0.25) is 5.02 Å². The van der Waals surface area contributed by atoms with Crippen molar-refractivity contribution in [2.24, 2.45) is 0 Å². The number of anilines is 1. The molecule has 1 amide bonds. The first-order valence-electron chi connectivity index (χ1n) is 7.11. The third kappa shape index (κ3) is 3.80. The Kier molecular flexibility index (Phi) is 4.78. The van der Waals surface area contributed by atoms with Gasteiger partial charge >= 0.3 is 0 Å². The van der Waals surface area contributed by atoms with Gasteiger partial charge in [-0.05, 0) is 25.5 Å². The highest BCUT2D eigenvalue weighted by molar-refractivity contribution is 7.15. The van der Waals surface area contributed by atoms with Crippen molar-refractivity contribution in [2.75, 3.05) is 11.9 Å². The van der Waals surface area contributed by atoms with Crippen LogP contribution < -0.4 is 10.1 Å². The number of aromatic nitrogens is 3. The topological polar surface area (TPSA) is 68.5 Å². The van der Waals surface area contributed by atoms with Gasteiger partial charge in [0, 0.05) is 11.8 Å². The number of nitrogens with zero attached hydrogens (tertiary/aromatic N) is 3. The van der Waals surface area contributed by atoms with Crippen LogP contribution in [0.1, 0.15) is 18.5 Å². The predicted molar refractivity (Wildman–Crippen MR) is 90.4 cm³/mol. The molecule has 0 fully saturated rings. The molecular weight excluding hydrogens is 336 g/mol. The average molecular weight is 351 g/mol. The first-order chi connectivity index (χ1) is 11.1. The van der Waals surface area contributed by atoms with Crippen LogP contribution in [0.3, 0.4) is 0 Å². The summed E-state index contributed by atoms with van der Waals surface area (Å²) in [6.45, 7) is 2.36.